The van der Waals surface area contributed by atoms with Crippen molar-refractivity contribution in [2.75, 3.05) is 26.4 Å². The van der Waals surface area contributed by atoms with Gasteiger partial charge in [-0.2, -0.15) is 0 Å². The zero-order valence-electron chi connectivity index (χ0n) is 19.8. The highest BCUT2D eigenvalue weighted by molar-refractivity contribution is 5.78. The van der Waals surface area contributed by atoms with Crippen molar-refractivity contribution >= 4 is 11.9 Å². The monoisotopic (exact) mass is 474 g/mol. The van der Waals surface area contributed by atoms with E-state index in [1.807, 2.05) is 18.2 Å². The highest BCUT2D eigenvalue weighted by Gasteiger charge is 2.56. The summed E-state index contributed by atoms with van der Waals surface area (Å²) >= 11 is 0. The summed E-state index contributed by atoms with van der Waals surface area (Å²) in [4.78, 5) is 39.1. The Morgan fingerprint density at radius 3 is 2.76 bits per heavy atom. The number of fused-ring (bicyclic) bond motifs is 5. The molecule has 3 heterocycles. The summed E-state index contributed by atoms with van der Waals surface area (Å²) in [5, 5.41) is 12.5. The van der Waals surface area contributed by atoms with E-state index in [-0.39, 0.29) is 56.0 Å². The summed E-state index contributed by atoms with van der Waals surface area (Å²) in [6.07, 6.45) is 4.30. The standard InChI is InChI=1S/C25H34N2O7/c1-2-32-24(29)12-14-25(27(30)31)13-5-15-26-22(25)16-33-19-10-8-18(9-11-19)20-6-3-4-7-21(20)34-17-23(26)28/h3-4,6-7,18-19,22H,2,5,8-17H2,1H3/t18?,19?,22-,25+/m0/s1. The van der Waals surface area contributed by atoms with E-state index in [4.69, 9.17) is 14.2 Å². The molecule has 186 valence electrons. The van der Waals surface area contributed by atoms with Crippen LogP contribution in [0.25, 0.3) is 0 Å². The van der Waals surface area contributed by atoms with Gasteiger partial charge >= 0.3 is 5.97 Å². The summed E-state index contributed by atoms with van der Waals surface area (Å²) in [6, 6.07) is 7.06. The minimum atomic E-state index is -1.46. The molecule has 2 bridgehead atoms. The van der Waals surface area contributed by atoms with Crippen LogP contribution >= 0.6 is 0 Å². The van der Waals surface area contributed by atoms with E-state index in [2.05, 4.69) is 6.07 Å². The Morgan fingerprint density at radius 1 is 1.26 bits per heavy atom. The van der Waals surface area contributed by atoms with Crippen molar-refractivity contribution in [3.63, 3.8) is 0 Å². The second kappa shape index (κ2) is 10.7. The number of nitrogens with zero attached hydrogens (tertiary/aromatic N) is 2. The number of esters is 1. The van der Waals surface area contributed by atoms with Gasteiger partial charge in [0.2, 0.25) is 5.54 Å². The molecular weight excluding hydrogens is 440 g/mol. The molecule has 0 aromatic heterocycles. The zero-order chi connectivity index (χ0) is 24.1. The Labute approximate surface area is 199 Å². The number of hydrogen-bond donors (Lipinski definition) is 0. The van der Waals surface area contributed by atoms with Gasteiger partial charge in [-0.3, -0.25) is 19.7 Å². The van der Waals surface area contributed by atoms with E-state index in [1.165, 1.54) is 0 Å². The maximum absolute atomic E-state index is 13.3. The van der Waals surface area contributed by atoms with Crippen molar-refractivity contribution in [3.05, 3.63) is 39.9 Å². The Bertz CT molecular complexity index is 899. The average Bonchev–Trinajstić information content (AvgIpc) is 2.86. The van der Waals surface area contributed by atoms with Crippen LogP contribution in [-0.2, 0) is 19.1 Å². The van der Waals surface area contributed by atoms with Crippen LogP contribution in [0.3, 0.4) is 0 Å². The Morgan fingerprint density at radius 2 is 2.03 bits per heavy atom. The molecule has 5 rings (SSSR count). The van der Waals surface area contributed by atoms with Gasteiger partial charge in [-0.1, -0.05) is 18.2 Å². The van der Waals surface area contributed by atoms with E-state index in [9.17, 15) is 19.7 Å². The molecule has 1 saturated heterocycles. The molecule has 1 aliphatic carbocycles. The van der Waals surface area contributed by atoms with Crippen LogP contribution in [0.2, 0.25) is 0 Å². The molecule has 0 radical (unpaired) electrons. The first-order valence-electron chi connectivity index (χ1n) is 12.4. The molecule has 9 nitrogen and oxygen atoms in total. The second-order valence-electron chi connectivity index (χ2n) is 9.51. The topological polar surface area (TPSA) is 108 Å². The molecule has 4 aliphatic rings. The summed E-state index contributed by atoms with van der Waals surface area (Å²) in [7, 11) is 0. The van der Waals surface area contributed by atoms with Crippen molar-refractivity contribution in [1.29, 1.82) is 0 Å². The average molecular weight is 475 g/mol. The number of carbonyl (C=O) groups excluding carboxylic acids is 2. The first-order valence-corrected chi connectivity index (χ1v) is 12.4. The van der Waals surface area contributed by atoms with Gasteiger partial charge in [0.15, 0.2) is 6.61 Å². The van der Waals surface area contributed by atoms with Gasteiger partial charge in [0, 0.05) is 24.3 Å². The third-order valence-electron chi connectivity index (χ3n) is 7.63. The van der Waals surface area contributed by atoms with Crippen molar-refractivity contribution in [3.8, 4) is 5.75 Å². The Kier molecular flexibility index (Phi) is 7.70. The molecule has 2 atom stereocenters. The van der Waals surface area contributed by atoms with Crippen LogP contribution in [0.4, 0.5) is 0 Å². The fourth-order valence-electron chi connectivity index (χ4n) is 5.80. The van der Waals surface area contributed by atoms with Gasteiger partial charge < -0.3 is 19.1 Å². The van der Waals surface area contributed by atoms with Crippen LogP contribution in [-0.4, -0.2) is 65.7 Å². The molecule has 9 heteroatoms. The van der Waals surface area contributed by atoms with E-state index in [1.54, 1.807) is 11.8 Å². The first-order chi connectivity index (χ1) is 16.4. The van der Waals surface area contributed by atoms with Crippen molar-refractivity contribution in [2.24, 2.45) is 0 Å². The van der Waals surface area contributed by atoms with E-state index < -0.39 is 17.6 Å². The molecule has 1 saturated carbocycles. The number of para-hydroxylation sites is 1. The maximum Gasteiger partial charge on any atom is 0.306 e. The SMILES string of the molecule is CCOC(=O)CC[C@]1([N+](=O)[O-])CCCN2C(=O)COc3ccccc3C3CCC(CC3)OC[C@H]21. The molecule has 1 aromatic carbocycles. The van der Waals surface area contributed by atoms with Gasteiger partial charge in [0.05, 0.1) is 25.7 Å². The highest BCUT2D eigenvalue weighted by atomic mass is 16.6. The third kappa shape index (κ3) is 5.04. The van der Waals surface area contributed by atoms with Crippen LogP contribution in [0.15, 0.2) is 24.3 Å². The van der Waals surface area contributed by atoms with Crippen LogP contribution in [0.1, 0.15) is 69.8 Å². The molecule has 3 aliphatic heterocycles. The molecule has 0 unspecified atom stereocenters. The van der Waals surface area contributed by atoms with Gasteiger partial charge in [-0.05, 0) is 56.6 Å². The number of hydrogen-bond acceptors (Lipinski definition) is 7. The van der Waals surface area contributed by atoms with Gasteiger partial charge in [0.1, 0.15) is 11.8 Å². The van der Waals surface area contributed by atoms with E-state index >= 15 is 0 Å². The van der Waals surface area contributed by atoms with E-state index in [0.717, 1.165) is 31.2 Å². The Hall–Kier alpha value is -2.68. The van der Waals surface area contributed by atoms with Crippen LogP contribution in [0.5, 0.6) is 5.75 Å². The lowest BCUT2D eigenvalue weighted by atomic mass is 9.78. The predicted octanol–water partition coefficient (Wildman–Crippen LogP) is 3.47. The second-order valence-corrected chi connectivity index (χ2v) is 9.51. The minimum absolute atomic E-state index is 0.00141. The van der Waals surface area contributed by atoms with E-state index in [0.29, 0.717) is 24.6 Å². The smallest absolute Gasteiger partial charge is 0.306 e. The van der Waals surface area contributed by atoms with Crippen molar-refractivity contribution in [2.45, 2.75) is 81.9 Å². The fraction of sp³-hybridized carbons (Fsp3) is 0.680. The number of amides is 1. The van der Waals surface area contributed by atoms with Gasteiger partial charge in [-0.15, -0.1) is 0 Å². The van der Waals surface area contributed by atoms with Gasteiger partial charge in [-0.25, -0.2) is 0 Å². The fourth-order valence-corrected chi connectivity index (χ4v) is 5.80. The summed E-state index contributed by atoms with van der Waals surface area (Å²) in [5.41, 5.74) is -0.354. The zero-order valence-corrected chi connectivity index (χ0v) is 19.8. The number of carbonyl (C=O) groups is 2. The molecule has 34 heavy (non-hydrogen) atoms. The number of rotatable bonds is 5. The largest absolute Gasteiger partial charge is 0.483 e. The minimum Gasteiger partial charge on any atom is -0.483 e. The molecule has 0 spiro atoms. The van der Waals surface area contributed by atoms with Gasteiger partial charge in [0.25, 0.3) is 5.91 Å². The molecule has 2 fully saturated rings. The molecule has 0 N–H and O–H groups in total. The Balaban J connectivity index is 1.63. The van der Waals surface area contributed by atoms with Crippen LogP contribution < -0.4 is 4.74 Å². The van der Waals surface area contributed by atoms with Crippen molar-refractivity contribution < 1.29 is 28.7 Å². The quantitative estimate of drug-likeness (QED) is 0.365. The number of piperidine rings is 1. The lowest BCUT2D eigenvalue weighted by Gasteiger charge is -2.44. The lowest BCUT2D eigenvalue weighted by molar-refractivity contribution is -0.584. The molecule has 1 aromatic rings. The normalized spacial score (nSPS) is 29.5. The molecular formula is C25H34N2O7. The molecule has 1 amide bonds. The summed E-state index contributed by atoms with van der Waals surface area (Å²) in [5.74, 6) is 0.292. The first kappa shape index (κ1) is 24.4. The number of ether oxygens (including phenoxy) is 3. The highest BCUT2D eigenvalue weighted by Crippen LogP contribution is 2.40. The number of nitro groups is 1. The summed E-state index contributed by atoms with van der Waals surface area (Å²) in [6.45, 7) is 2.23. The third-order valence-corrected chi connectivity index (χ3v) is 7.63. The lowest BCUT2D eigenvalue weighted by Crippen LogP contribution is -2.64. The van der Waals surface area contributed by atoms with Crippen molar-refractivity contribution in [1.82, 2.24) is 4.90 Å². The number of benzene rings is 1. The summed E-state index contributed by atoms with van der Waals surface area (Å²) < 4.78 is 17.3. The predicted molar refractivity (Wildman–Crippen MR) is 123 cm³/mol. The van der Waals surface area contributed by atoms with Crippen LogP contribution in [0, 0.1) is 10.1 Å². The maximum atomic E-state index is 13.3.